The Morgan fingerprint density at radius 3 is 2.33 bits per heavy atom. The summed E-state index contributed by atoms with van der Waals surface area (Å²) in [7, 11) is 3.84. The van der Waals surface area contributed by atoms with E-state index in [0.29, 0.717) is 19.6 Å². The molecule has 0 bridgehead atoms. The number of likely N-dealkylation sites (N-methyl/N-ethyl adjacent to an activating group) is 1. The first kappa shape index (κ1) is 18.1. The summed E-state index contributed by atoms with van der Waals surface area (Å²) >= 11 is 0. The number of nitrogens with one attached hydrogen (secondary N) is 1. The highest BCUT2D eigenvalue weighted by molar-refractivity contribution is 5.78. The Balaban J connectivity index is 1.88. The van der Waals surface area contributed by atoms with Gasteiger partial charge in [0.2, 0.25) is 5.91 Å². The molecule has 0 aliphatic carbocycles. The van der Waals surface area contributed by atoms with E-state index in [-0.39, 0.29) is 5.91 Å². The summed E-state index contributed by atoms with van der Waals surface area (Å²) in [5.41, 5.74) is 4.88. The van der Waals surface area contributed by atoms with Crippen molar-refractivity contribution in [1.29, 1.82) is 0 Å². The third-order valence-electron chi connectivity index (χ3n) is 4.31. The molecule has 1 aromatic carbocycles. The van der Waals surface area contributed by atoms with E-state index in [1.807, 2.05) is 30.5 Å². The van der Waals surface area contributed by atoms with Crippen molar-refractivity contribution in [3.63, 3.8) is 0 Å². The summed E-state index contributed by atoms with van der Waals surface area (Å²) in [4.78, 5) is 14.1. The fourth-order valence-corrected chi connectivity index (χ4v) is 2.86. The molecule has 0 unspecified atom stereocenters. The van der Waals surface area contributed by atoms with Gasteiger partial charge in [0.25, 0.3) is 0 Å². The largest absolute Gasteiger partial charge is 0.351 e. The van der Waals surface area contributed by atoms with E-state index in [9.17, 15) is 4.79 Å². The van der Waals surface area contributed by atoms with Gasteiger partial charge in [-0.15, -0.1) is 10.2 Å². The normalized spacial score (nSPS) is 11.1. The third kappa shape index (κ3) is 4.41. The summed E-state index contributed by atoms with van der Waals surface area (Å²) in [5, 5.41) is 11.2. The van der Waals surface area contributed by atoms with Crippen molar-refractivity contribution >= 4 is 5.91 Å². The molecule has 0 radical (unpaired) electrons. The second kappa shape index (κ2) is 7.57. The van der Waals surface area contributed by atoms with Gasteiger partial charge in [0, 0.05) is 13.6 Å². The number of benzene rings is 1. The first-order valence-corrected chi connectivity index (χ1v) is 8.14. The number of hydrogen-bond acceptors (Lipinski definition) is 4. The predicted molar refractivity (Wildman–Crippen MR) is 94.6 cm³/mol. The number of nitrogens with zero attached hydrogens (tertiary/aromatic N) is 4. The molecular formula is C18H27N5O. The van der Waals surface area contributed by atoms with Crippen LogP contribution in [0.1, 0.15) is 33.9 Å². The minimum atomic E-state index is 0.00997. The smallest absolute Gasteiger partial charge is 0.234 e. The fraction of sp³-hybridized carbons (Fsp3) is 0.500. The lowest BCUT2D eigenvalue weighted by Crippen LogP contribution is -2.35. The monoisotopic (exact) mass is 329 g/mol. The summed E-state index contributed by atoms with van der Waals surface area (Å²) in [6.07, 6.45) is 0. The van der Waals surface area contributed by atoms with Gasteiger partial charge in [-0.3, -0.25) is 9.69 Å². The number of rotatable bonds is 6. The zero-order chi connectivity index (χ0) is 17.9. The lowest BCUT2D eigenvalue weighted by Gasteiger charge is -2.17. The molecule has 1 amide bonds. The SMILES string of the molecule is Cc1cc(C)c(CNC(=O)CN(C)Cc2nnc(C)n2C)c(C)c1. The van der Waals surface area contributed by atoms with Gasteiger partial charge in [-0.05, 0) is 51.4 Å². The van der Waals surface area contributed by atoms with Crippen molar-refractivity contribution in [2.75, 3.05) is 13.6 Å². The minimum Gasteiger partial charge on any atom is -0.351 e. The van der Waals surface area contributed by atoms with Gasteiger partial charge in [0.05, 0.1) is 13.1 Å². The van der Waals surface area contributed by atoms with E-state index >= 15 is 0 Å². The van der Waals surface area contributed by atoms with Crippen LogP contribution in [0.15, 0.2) is 12.1 Å². The van der Waals surface area contributed by atoms with Crippen LogP contribution < -0.4 is 5.32 Å². The van der Waals surface area contributed by atoms with Crippen LogP contribution in [0.4, 0.5) is 0 Å². The lowest BCUT2D eigenvalue weighted by molar-refractivity contribution is -0.122. The number of aryl methyl sites for hydroxylation is 4. The van der Waals surface area contributed by atoms with E-state index in [0.717, 1.165) is 11.6 Å². The Kier molecular flexibility index (Phi) is 5.72. The van der Waals surface area contributed by atoms with Crippen LogP contribution in [0.25, 0.3) is 0 Å². The molecule has 2 rings (SSSR count). The van der Waals surface area contributed by atoms with Crippen LogP contribution in [-0.4, -0.2) is 39.2 Å². The van der Waals surface area contributed by atoms with Gasteiger partial charge in [0.1, 0.15) is 11.6 Å². The molecule has 0 atom stereocenters. The van der Waals surface area contributed by atoms with Crippen LogP contribution in [0.5, 0.6) is 0 Å². The first-order chi connectivity index (χ1) is 11.3. The second-order valence-corrected chi connectivity index (χ2v) is 6.55. The highest BCUT2D eigenvalue weighted by atomic mass is 16.2. The molecule has 0 fully saturated rings. The first-order valence-electron chi connectivity index (χ1n) is 8.14. The maximum Gasteiger partial charge on any atom is 0.234 e. The quantitative estimate of drug-likeness (QED) is 0.878. The highest BCUT2D eigenvalue weighted by Crippen LogP contribution is 2.16. The molecule has 130 valence electrons. The van der Waals surface area contributed by atoms with Gasteiger partial charge < -0.3 is 9.88 Å². The van der Waals surface area contributed by atoms with Gasteiger partial charge >= 0.3 is 0 Å². The highest BCUT2D eigenvalue weighted by Gasteiger charge is 2.12. The molecule has 1 heterocycles. The Morgan fingerprint density at radius 2 is 1.79 bits per heavy atom. The van der Waals surface area contributed by atoms with Crippen LogP contribution in [0, 0.1) is 27.7 Å². The van der Waals surface area contributed by atoms with Crippen LogP contribution >= 0.6 is 0 Å². The maximum absolute atomic E-state index is 12.2. The van der Waals surface area contributed by atoms with Gasteiger partial charge in [-0.25, -0.2) is 0 Å². The van der Waals surface area contributed by atoms with E-state index in [1.165, 1.54) is 22.3 Å². The van der Waals surface area contributed by atoms with Crippen molar-refractivity contribution < 1.29 is 4.79 Å². The molecule has 0 saturated carbocycles. The Morgan fingerprint density at radius 1 is 1.17 bits per heavy atom. The topological polar surface area (TPSA) is 63.1 Å². The molecule has 1 aromatic heterocycles. The van der Waals surface area contributed by atoms with Crippen molar-refractivity contribution in [3.05, 3.63) is 46.0 Å². The number of carbonyl (C=O) groups is 1. The molecule has 2 aromatic rings. The van der Waals surface area contributed by atoms with Crippen molar-refractivity contribution in [2.24, 2.45) is 7.05 Å². The second-order valence-electron chi connectivity index (χ2n) is 6.55. The van der Waals surface area contributed by atoms with Crippen LogP contribution in [0.3, 0.4) is 0 Å². The number of carbonyl (C=O) groups excluding carboxylic acids is 1. The molecule has 0 spiro atoms. The van der Waals surface area contributed by atoms with Crippen molar-refractivity contribution in [2.45, 2.75) is 40.8 Å². The molecular weight excluding hydrogens is 302 g/mol. The average Bonchev–Trinajstić information content (AvgIpc) is 2.78. The summed E-state index contributed by atoms with van der Waals surface area (Å²) < 4.78 is 1.94. The Labute approximate surface area is 143 Å². The number of aromatic nitrogens is 3. The number of hydrogen-bond donors (Lipinski definition) is 1. The van der Waals surface area contributed by atoms with Crippen LogP contribution in [0.2, 0.25) is 0 Å². The van der Waals surface area contributed by atoms with E-state index < -0.39 is 0 Å². The molecule has 1 N–H and O–H groups in total. The fourth-order valence-electron chi connectivity index (χ4n) is 2.86. The van der Waals surface area contributed by atoms with E-state index in [4.69, 9.17) is 0 Å². The van der Waals surface area contributed by atoms with Gasteiger partial charge in [0.15, 0.2) is 0 Å². The Hall–Kier alpha value is -2.21. The van der Waals surface area contributed by atoms with E-state index in [2.05, 4.69) is 48.4 Å². The van der Waals surface area contributed by atoms with E-state index in [1.54, 1.807) is 0 Å². The molecule has 0 saturated heterocycles. The maximum atomic E-state index is 12.2. The summed E-state index contributed by atoms with van der Waals surface area (Å²) in [6.45, 7) is 9.66. The zero-order valence-corrected chi connectivity index (χ0v) is 15.5. The van der Waals surface area contributed by atoms with Gasteiger partial charge in [-0.1, -0.05) is 17.7 Å². The lowest BCUT2D eigenvalue weighted by atomic mass is 10.00. The molecule has 0 aliphatic heterocycles. The molecule has 6 nitrogen and oxygen atoms in total. The number of amides is 1. The average molecular weight is 329 g/mol. The molecule has 24 heavy (non-hydrogen) atoms. The van der Waals surface area contributed by atoms with Crippen LogP contribution in [-0.2, 0) is 24.9 Å². The zero-order valence-electron chi connectivity index (χ0n) is 15.5. The van der Waals surface area contributed by atoms with Crippen molar-refractivity contribution in [1.82, 2.24) is 25.0 Å². The molecule has 0 aliphatic rings. The molecule has 6 heteroatoms. The Bertz CT molecular complexity index is 712. The van der Waals surface area contributed by atoms with Crippen molar-refractivity contribution in [3.8, 4) is 0 Å². The standard InChI is InChI=1S/C18H27N5O/c1-12-7-13(2)16(14(3)8-12)9-19-18(24)11-22(5)10-17-21-20-15(4)23(17)6/h7-8H,9-11H2,1-6H3,(H,19,24). The third-order valence-corrected chi connectivity index (χ3v) is 4.31. The minimum absolute atomic E-state index is 0.00997. The van der Waals surface area contributed by atoms with Gasteiger partial charge in [-0.2, -0.15) is 0 Å². The summed E-state index contributed by atoms with van der Waals surface area (Å²) in [6, 6.07) is 4.30. The predicted octanol–water partition coefficient (Wildman–Crippen LogP) is 1.80. The summed E-state index contributed by atoms with van der Waals surface area (Å²) in [5.74, 6) is 1.73.